The van der Waals surface area contributed by atoms with E-state index < -0.39 is 90.7 Å². The number of nitrogens with zero attached hydrogens (tertiary/aromatic N) is 2. The Morgan fingerprint density at radius 3 is 1.95 bits per heavy atom. The average Bonchev–Trinajstić information content (AvgIpc) is 3.77. The van der Waals surface area contributed by atoms with Crippen LogP contribution in [0.1, 0.15) is 37.3 Å². The number of fused-ring (bicyclic) bond motifs is 1. The van der Waals surface area contributed by atoms with Crippen LogP contribution in [0.2, 0.25) is 0 Å². The number of hydrogen-bond donors (Lipinski definition) is 12. The predicted molar refractivity (Wildman–Crippen MR) is 198 cm³/mol. The van der Waals surface area contributed by atoms with E-state index in [0.29, 0.717) is 18.5 Å². The third kappa shape index (κ3) is 8.24. The summed E-state index contributed by atoms with van der Waals surface area (Å²) in [6.07, 6.45) is -14.2. The number of likely N-dealkylation sites (tertiary alicyclic amines) is 1. The maximum Gasteiger partial charge on any atom is 0.264 e. The van der Waals surface area contributed by atoms with Gasteiger partial charge >= 0.3 is 0 Å². The van der Waals surface area contributed by atoms with E-state index in [0.717, 1.165) is 6.42 Å². The van der Waals surface area contributed by atoms with Crippen molar-refractivity contribution in [3.63, 3.8) is 0 Å². The lowest BCUT2D eigenvalue weighted by atomic mass is 9.82. The van der Waals surface area contributed by atoms with Gasteiger partial charge in [0.25, 0.3) is 17.7 Å². The Labute approximate surface area is 331 Å². The van der Waals surface area contributed by atoms with Gasteiger partial charge < -0.3 is 81.0 Å². The molecule has 0 spiro atoms. The molecule has 2 aromatic carbocycles. The van der Waals surface area contributed by atoms with Crippen LogP contribution in [0.25, 0.3) is 0 Å². The monoisotopic (exact) mass is 816 g/mol. The second kappa shape index (κ2) is 17.4. The van der Waals surface area contributed by atoms with Gasteiger partial charge in [-0.25, -0.2) is 0 Å². The molecule has 4 aliphatic rings. The number of benzene rings is 2. The van der Waals surface area contributed by atoms with Crippen LogP contribution in [-0.2, 0) is 40.8 Å². The summed E-state index contributed by atoms with van der Waals surface area (Å²) >= 11 is 0. The standard InChI is InChI=1S/C38H48N4O16/c1-17(4-2-6-24(44)41-13-3-5-21(41)16-43)38(56)22-14-20(40-34(52)32-28(48)26(46)30(50)36(54)58-32)11-12-23(22)42(37(38)55)15-18-7-9-19(10-8-18)39-33(51)31-27(47)25(45)29(49)35(53)57-31/h2,4,7-12,14,17,21,25-32,35-36,43,45-50,53-54,56H,3,5-6,13,15-16H2,1H3,(H,39,51)(H,40,52)/b4-2+/t17-,21+,25+,26+,27+,28+,29-,30-,31+,32+,35-,36-,38+/m1/s1. The summed E-state index contributed by atoms with van der Waals surface area (Å²) in [5.74, 6) is -3.89. The number of aliphatic hydroxyl groups excluding tert-OH is 9. The molecule has 0 bridgehead atoms. The van der Waals surface area contributed by atoms with Crippen molar-refractivity contribution in [3.05, 3.63) is 65.7 Å². The van der Waals surface area contributed by atoms with E-state index in [4.69, 9.17) is 9.47 Å². The molecule has 316 valence electrons. The molecule has 0 unspecified atom stereocenters. The fourth-order valence-corrected chi connectivity index (χ4v) is 7.62. The summed E-state index contributed by atoms with van der Waals surface area (Å²) in [6, 6.07) is 9.96. The number of carbonyl (C=O) groups is 4. The molecule has 4 amide bonds. The summed E-state index contributed by atoms with van der Waals surface area (Å²) < 4.78 is 10.00. The van der Waals surface area contributed by atoms with E-state index in [1.165, 1.54) is 47.4 Å². The SMILES string of the molecule is C[C@H](/C=C/CC(=O)N1CCC[C@H]1CO)[C@@]1(O)C(=O)N(Cc2ccc(NC(=O)[C@H]3O[C@@H](O)[C@H](O)[C@@H](O)[C@@H]3O)cc2)c2ccc(NC(=O)[C@H]3O[C@@H](O)[C@H](O)[C@@H](O)[C@@H]3O)cc21. The van der Waals surface area contributed by atoms with Crippen LogP contribution in [-0.4, -0.2) is 160 Å². The molecule has 58 heavy (non-hydrogen) atoms. The van der Waals surface area contributed by atoms with E-state index >= 15 is 0 Å². The van der Waals surface area contributed by atoms with E-state index in [1.54, 1.807) is 24.0 Å². The highest BCUT2D eigenvalue weighted by atomic mass is 16.6. The van der Waals surface area contributed by atoms with E-state index in [9.17, 15) is 70.2 Å². The van der Waals surface area contributed by atoms with Gasteiger partial charge in [-0.15, -0.1) is 0 Å². The number of rotatable bonds is 11. The Hall–Kier alpha value is -4.42. The molecule has 0 aromatic heterocycles. The van der Waals surface area contributed by atoms with Crippen LogP contribution >= 0.6 is 0 Å². The lowest BCUT2D eigenvalue weighted by molar-refractivity contribution is -0.274. The smallest absolute Gasteiger partial charge is 0.264 e. The number of amides is 4. The normalized spacial score (nSPS) is 34.3. The van der Waals surface area contributed by atoms with Crippen LogP contribution in [0.15, 0.2) is 54.6 Å². The summed E-state index contributed by atoms with van der Waals surface area (Å²) in [5.41, 5.74) is -1.20. The molecule has 0 aliphatic carbocycles. The minimum atomic E-state index is -2.26. The van der Waals surface area contributed by atoms with Gasteiger partial charge in [0, 0.05) is 35.8 Å². The topological polar surface area (TPSA) is 320 Å². The summed E-state index contributed by atoms with van der Waals surface area (Å²) in [5, 5.41) is 107. The zero-order valence-electron chi connectivity index (χ0n) is 31.2. The molecule has 2 aromatic rings. The first kappa shape index (κ1) is 43.2. The van der Waals surface area contributed by atoms with Crippen molar-refractivity contribution in [2.24, 2.45) is 5.92 Å². The number of anilines is 3. The fourth-order valence-electron chi connectivity index (χ4n) is 7.62. The van der Waals surface area contributed by atoms with Crippen molar-refractivity contribution in [1.82, 2.24) is 4.90 Å². The highest BCUT2D eigenvalue weighted by Crippen LogP contribution is 2.47. The molecule has 0 radical (unpaired) electrons. The number of ether oxygens (including phenoxy) is 2. The van der Waals surface area contributed by atoms with E-state index in [1.807, 2.05) is 0 Å². The first-order valence-corrected chi connectivity index (χ1v) is 18.7. The first-order chi connectivity index (χ1) is 27.5. The first-order valence-electron chi connectivity index (χ1n) is 18.7. The lowest BCUT2D eigenvalue weighted by Gasteiger charge is -2.37. The summed E-state index contributed by atoms with van der Waals surface area (Å²) in [6.45, 7) is 1.78. The van der Waals surface area contributed by atoms with Crippen molar-refractivity contribution in [2.75, 3.05) is 28.7 Å². The van der Waals surface area contributed by atoms with Crippen LogP contribution in [0.5, 0.6) is 0 Å². The summed E-state index contributed by atoms with van der Waals surface area (Å²) in [7, 11) is 0. The van der Waals surface area contributed by atoms with Gasteiger partial charge in [-0.1, -0.05) is 31.2 Å². The van der Waals surface area contributed by atoms with Gasteiger partial charge in [0.05, 0.1) is 24.9 Å². The zero-order valence-corrected chi connectivity index (χ0v) is 31.2. The van der Waals surface area contributed by atoms with Crippen molar-refractivity contribution < 1.29 is 79.7 Å². The Balaban J connectivity index is 1.22. The third-order valence-electron chi connectivity index (χ3n) is 11.1. The van der Waals surface area contributed by atoms with Gasteiger partial charge in [0.1, 0.15) is 36.6 Å². The Morgan fingerprint density at radius 1 is 0.828 bits per heavy atom. The minimum Gasteiger partial charge on any atom is -0.394 e. The van der Waals surface area contributed by atoms with E-state index in [-0.39, 0.29) is 54.1 Å². The summed E-state index contributed by atoms with van der Waals surface area (Å²) in [4.78, 5) is 56.1. The lowest BCUT2D eigenvalue weighted by Crippen LogP contribution is -2.60. The molecule has 3 saturated heterocycles. The fraction of sp³-hybridized carbons (Fsp3) is 0.526. The molecule has 6 rings (SSSR count). The van der Waals surface area contributed by atoms with E-state index in [2.05, 4.69) is 10.6 Å². The quantitative estimate of drug-likeness (QED) is 0.0978. The largest absolute Gasteiger partial charge is 0.394 e. The van der Waals surface area contributed by atoms with Gasteiger partial charge in [-0.05, 0) is 48.7 Å². The minimum absolute atomic E-state index is 0.0277. The molecule has 20 nitrogen and oxygen atoms in total. The molecule has 12 N–H and O–H groups in total. The molecule has 4 heterocycles. The van der Waals surface area contributed by atoms with Crippen LogP contribution in [0.3, 0.4) is 0 Å². The third-order valence-corrected chi connectivity index (χ3v) is 11.1. The molecule has 13 atom stereocenters. The molecular formula is C38H48N4O16. The molecule has 20 heteroatoms. The van der Waals surface area contributed by atoms with Crippen LogP contribution in [0.4, 0.5) is 17.1 Å². The van der Waals surface area contributed by atoms with Gasteiger partial charge in [0.15, 0.2) is 30.4 Å². The van der Waals surface area contributed by atoms with Crippen LogP contribution < -0.4 is 15.5 Å². The molecule has 4 aliphatic heterocycles. The maximum absolute atomic E-state index is 14.3. The van der Waals surface area contributed by atoms with Crippen molar-refractivity contribution in [2.45, 2.75) is 106 Å². The highest BCUT2D eigenvalue weighted by Gasteiger charge is 2.53. The molecular weight excluding hydrogens is 768 g/mol. The maximum atomic E-state index is 14.3. The number of hydrogen-bond acceptors (Lipinski definition) is 16. The predicted octanol–water partition coefficient (Wildman–Crippen LogP) is -3.54. The van der Waals surface area contributed by atoms with Crippen LogP contribution in [0, 0.1) is 5.92 Å². The Morgan fingerprint density at radius 2 is 1.38 bits per heavy atom. The van der Waals surface area contributed by atoms with Gasteiger partial charge in [-0.2, -0.15) is 0 Å². The highest BCUT2D eigenvalue weighted by molar-refractivity contribution is 6.08. The average molecular weight is 817 g/mol. The number of aliphatic hydroxyl groups is 10. The van der Waals surface area contributed by atoms with Gasteiger partial charge in [0.2, 0.25) is 5.91 Å². The Kier molecular flexibility index (Phi) is 13.0. The van der Waals surface area contributed by atoms with Crippen molar-refractivity contribution >= 4 is 40.7 Å². The zero-order chi connectivity index (χ0) is 42.2. The van der Waals surface area contributed by atoms with Crippen molar-refractivity contribution in [3.8, 4) is 0 Å². The molecule has 3 fully saturated rings. The van der Waals surface area contributed by atoms with Gasteiger partial charge in [-0.3, -0.25) is 19.2 Å². The second-order valence-corrected chi connectivity index (χ2v) is 14.9. The Bertz CT molecular complexity index is 1880. The van der Waals surface area contributed by atoms with Crippen molar-refractivity contribution in [1.29, 1.82) is 0 Å². The number of carbonyl (C=O) groups excluding carboxylic acids is 4. The number of nitrogens with one attached hydrogen (secondary N) is 2. The second-order valence-electron chi connectivity index (χ2n) is 14.9. The molecule has 0 saturated carbocycles.